The monoisotopic (exact) mass is 377 g/mol. The van der Waals surface area contributed by atoms with E-state index in [1.807, 2.05) is 6.08 Å². The molecule has 1 saturated heterocycles. The van der Waals surface area contributed by atoms with Crippen molar-refractivity contribution in [3.05, 3.63) is 23.3 Å². The quantitative estimate of drug-likeness (QED) is 0.593. The molecule has 3 aliphatic carbocycles. The van der Waals surface area contributed by atoms with Gasteiger partial charge in [-0.2, -0.15) is 21.6 Å². The van der Waals surface area contributed by atoms with Gasteiger partial charge in [0.1, 0.15) is 6.10 Å². The first-order valence-electron chi connectivity index (χ1n) is 8.92. The molecule has 4 aliphatic rings. The highest BCUT2D eigenvalue weighted by molar-refractivity contribution is 7.87. The Morgan fingerprint density at radius 3 is 2.72 bits per heavy atom. The maximum absolute atomic E-state index is 12.6. The number of nitrogens with one attached hydrogen (secondary N) is 1. The third-order valence-electron chi connectivity index (χ3n) is 6.25. The van der Waals surface area contributed by atoms with Crippen molar-refractivity contribution < 1.29 is 25.8 Å². The van der Waals surface area contributed by atoms with Crippen molar-refractivity contribution >= 4 is 10.1 Å². The first-order chi connectivity index (χ1) is 11.8. The van der Waals surface area contributed by atoms with Gasteiger partial charge in [0.25, 0.3) is 0 Å². The van der Waals surface area contributed by atoms with Gasteiger partial charge in [0.2, 0.25) is 0 Å². The van der Waals surface area contributed by atoms with E-state index in [4.69, 9.17) is 0 Å². The Bertz CT molecular complexity index is 713. The topological polar surface area (TPSA) is 55.4 Å². The molecular formula is C17H22F3NO3S. The van der Waals surface area contributed by atoms with Crippen molar-refractivity contribution in [2.45, 2.75) is 56.2 Å². The van der Waals surface area contributed by atoms with Crippen molar-refractivity contribution in [1.82, 2.24) is 5.32 Å². The van der Waals surface area contributed by atoms with Crippen molar-refractivity contribution in [3.8, 4) is 0 Å². The molecule has 25 heavy (non-hydrogen) atoms. The average molecular weight is 377 g/mol. The standard InChI is InChI=1S/C17H22F3NO3S/c18-17(19,20)25(22,23)24-16-8-6-12-10-5-7-15-13(2-1-9-21-15)11(10)3-4-14(12)16/h3-4,10-11,13,15-16,21H,1-2,5-9H2. The van der Waals surface area contributed by atoms with Gasteiger partial charge >= 0.3 is 15.6 Å². The van der Waals surface area contributed by atoms with Crippen LogP contribution in [0.1, 0.15) is 38.5 Å². The number of allylic oxidation sites excluding steroid dienone is 2. The van der Waals surface area contributed by atoms with Crippen LogP contribution < -0.4 is 5.32 Å². The Morgan fingerprint density at radius 2 is 1.96 bits per heavy atom. The summed E-state index contributed by atoms with van der Waals surface area (Å²) in [6, 6.07) is 0.529. The second-order valence-electron chi connectivity index (χ2n) is 7.49. The number of rotatable bonds is 2. The summed E-state index contributed by atoms with van der Waals surface area (Å²) in [6.07, 6.45) is 8.26. The van der Waals surface area contributed by atoms with Crippen molar-refractivity contribution in [2.75, 3.05) is 6.54 Å². The number of piperidine rings is 1. The predicted molar refractivity (Wildman–Crippen MR) is 86.0 cm³/mol. The molecule has 4 nitrogen and oxygen atoms in total. The van der Waals surface area contributed by atoms with Crippen LogP contribution in [0.5, 0.6) is 0 Å². The molecular weight excluding hydrogens is 355 g/mol. The fourth-order valence-electron chi connectivity index (χ4n) is 5.22. The highest BCUT2D eigenvalue weighted by Crippen LogP contribution is 2.50. The summed E-state index contributed by atoms with van der Waals surface area (Å²) in [6.45, 7) is 1.06. The van der Waals surface area contributed by atoms with E-state index in [-0.39, 0.29) is 0 Å². The zero-order chi connectivity index (χ0) is 17.8. The van der Waals surface area contributed by atoms with Crippen LogP contribution in [0.3, 0.4) is 0 Å². The van der Waals surface area contributed by atoms with E-state index in [2.05, 4.69) is 15.6 Å². The molecule has 0 radical (unpaired) electrons. The number of halogens is 3. The van der Waals surface area contributed by atoms with Crippen LogP contribution in [0.15, 0.2) is 23.3 Å². The summed E-state index contributed by atoms with van der Waals surface area (Å²) in [7, 11) is -5.56. The minimum atomic E-state index is -5.56. The Hall–Kier alpha value is -0.860. The summed E-state index contributed by atoms with van der Waals surface area (Å²) >= 11 is 0. The molecule has 8 heteroatoms. The molecule has 0 aromatic heterocycles. The summed E-state index contributed by atoms with van der Waals surface area (Å²) in [4.78, 5) is 0. The van der Waals surface area contributed by atoms with Gasteiger partial charge in [-0.1, -0.05) is 17.7 Å². The highest BCUT2D eigenvalue weighted by atomic mass is 32.2. The molecule has 1 saturated carbocycles. The van der Waals surface area contributed by atoms with Crippen LogP contribution in [0.4, 0.5) is 13.2 Å². The highest BCUT2D eigenvalue weighted by Gasteiger charge is 2.51. The molecule has 5 atom stereocenters. The van der Waals surface area contributed by atoms with Crippen LogP contribution in [0.25, 0.3) is 0 Å². The molecule has 0 bridgehead atoms. The molecule has 1 aliphatic heterocycles. The number of hydrogen-bond donors (Lipinski definition) is 1. The number of hydrogen-bond acceptors (Lipinski definition) is 4. The van der Waals surface area contributed by atoms with E-state index in [1.165, 1.54) is 6.42 Å². The van der Waals surface area contributed by atoms with E-state index in [9.17, 15) is 21.6 Å². The van der Waals surface area contributed by atoms with Crippen LogP contribution >= 0.6 is 0 Å². The molecule has 1 heterocycles. The first kappa shape index (κ1) is 17.5. The largest absolute Gasteiger partial charge is 0.523 e. The van der Waals surface area contributed by atoms with Crippen LogP contribution in [-0.4, -0.2) is 32.6 Å². The summed E-state index contributed by atoms with van der Waals surface area (Å²) in [5.41, 5.74) is -3.58. The molecule has 0 aromatic carbocycles. The lowest BCUT2D eigenvalue weighted by Crippen LogP contribution is -2.49. The summed E-state index contributed by atoms with van der Waals surface area (Å²) in [5.74, 6) is 1.29. The van der Waals surface area contributed by atoms with Gasteiger partial charge in [-0.15, -0.1) is 0 Å². The van der Waals surface area contributed by atoms with Crippen molar-refractivity contribution in [1.29, 1.82) is 0 Å². The maximum Gasteiger partial charge on any atom is 0.523 e. The lowest BCUT2D eigenvalue weighted by Gasteiger charge is -2.47. The Kier molecular flexibility index (Phi) is 4.28. The SMILES string of the molecule is O=S(=O)(OC1CCC2=C1C=CC1C2CCC2NCCCC21)C(F)(F)F. The zero-order valence-electron chi connectivity index (χ0n) is 13.8. The van der Waals surface area contributed by atoms with Gasteiger partial charge in [-0.05, 0) is 68.4 Å². The van der Waals surface area contributed by atoms with E-state index >= 15 is 0 Å². The fraction of sp³-hybridized carbons (Fsp3) is 0.765. The number of alkyl halides is 3. The molecule has 140 valence electrons. The zero-order valence-corrected chi connectivity index (χ0v) is 14.6. The molecule has 5 unspecified atom stereocenters. The number of fused-ring (bicyclic) bond motifs is 4. The third-order valence-corrected chi connectivity index (χ3v) is 7.30. The second kappa shape index (κ2) is 6.09. The summed E-state index contributed by atoms with van der Waals surface area (Å²) in [5, 5.41) is 3.59. The van der Waals surface area contributed by atoms with Crippen molar-refractivity contribution in [3.63, 3.8) is 0 Å². The molecule has 0 amide bonds. The van der Waals surface area contributed by atoms with E-state index in [0.717, 1.165) is 31.4 Å². The molecule has 4 rings (SSSR count). The normalized spacial score (nSPS) is 38.3. The molecule has 1 N–H and O–H groups in total. The predicted octanol–water partition coefficient (Wildman–Crippen LogP) is 3.28. The van der Waals surface area contributed by atoms with Gasteiger partial charge in [-0.3, -0.25) is 4.18 Å². The molecule has 0 spiro atoms. The van der Waals surface area contributed by atoms with Crippen LogP contribution in [0, 0.1) is 17.8 Å². The summed E-state index contributed by atoms with van der Waals surface area (Å²) < 4.78 is 65.1. The Balaban J connectivity index is 1.56. The third kappa shape index (κ3) is 2.96. The molecule has 0 aromatic rings. The van der Waals surface area contributed by atoms with Gasteiger partial charge < -0.3 is 5.32 Å². The van der Waals surface area contributed by atoms with Crippen LogP contribution in [0.2, 0.25) is 0 Å². The second-order valence-corrected chi connectivity index (χ2v) is 9.05. The Morgan fingerprint density at radius 1 is 1.16 bits per heavy atom. The van der Waals surface area contributed by atoms with Gasteiger partial charge in [0, 0.05) is 6.04 Å². The van der Waals surface area contributed by atoms with Crippen LogP contribution in [-0.2, 0) is 14.3 Å². The minimum Gasteiger partial charge on any atom is -0.314 e. The van der Waals surface area contributed by atoms with E-state index in [1.54, 1.807) is 0 Å². The van der Waals surface area contributed by atoms with E-state index < -0.39 is 21.7 Å². The Labute approximate surface area is 145 Å². The smallest absolute Gasteiger partial charge is 0.314 e. The van der Waals surface area contributed by atoms with Gasteiger partial charge in [0.05, 0.1) is 0 Å². The maximum atomic E-state index is 12.6. The lowest BCUT2D eigenvalue weighted by atomic mass is 9.62. The average Bonchev–Trinajstić information content (AvgIpc) is 2.96. The lowest BCUT2D eigenvalue weighted by molar-refractivity contribution is -0.0561. The van der Waals surface area contributed by atoms with Gasteiger partial charge in [0.15, 0.2) is 0 Å². The fourth-order valence-corrected chi connectivity index (χ4v) is 5.83. The van der Waals surface area contributed by atoms with Gasteiger partial charge in [-0.25, -0.2) is 0 Å². The van der Waals surface area contributed by atoms with Crippen molar-refractivity contribution in [2.24, 2.45) is 17.8 Å². The van der Waals surface area contributed by atoms with E-state index in [0.29, 0.717) is 42.2 Å². The minimum absolute atomic E-state index is 0.305. The molecule has 2 fully saturated rings. The first-order valence-corrected chi connectivity index (χ1v) is 10.3.